The second-order valence-corrected chi connectivity index (χ2v) is 13.9. The highest BCUT2D eigenvalue weighted by Crippen LogP contribution is 2.39. The van der Waals surface area contributed by atoms with Crippen molar-refractivity contribution in [3.05, 3.63) is 166 Å². The van der Waals surface area contributed by atoms with Crippen LogP contribution >= 0.6 is 0 Å². The Bertz CT molecular complexity index is 2070. The number of carbonyl (C=O) groups excluding carboxylic acids is 1. The molecule has 2 N–H and O–H groups in total. The molecular weight excluding hydrogens is 717 g/mol. The summed E-state index contributed by atoms with van der Waals surface area (Å²) in [7, 11) is 0. The van der Waals surface area contributed by atoms with Gasteiger partial charge in [-0.1, -0.05) is 97.1 Å². The standard InChI is InChI=1S/C43H40F5N3O4/c44-37-36(38(45)40(47)41(48)39(37)46)42(53)49-23-29-7-4-8-33(21-29)30-13-15-32(16-14-30)43-54-34(22-35(55-43)31-11-9-28(26-52)10-12-31)25-51-19-17-50(18-20-51)24-27-5-2-1-3-6-27/h1-16,21,34-35,43,52H,17-20,22-26H2,(H,49,53). The molecule has 2 heterocycles. The van der Waals surface area contributed by atoms with E-state index in [1.54, 1.807) is 18.2 Å². The van der Waals surface area contributed by atoms with Crippen molar-refractivity contribution in [2.45, 2.75) is 44.6 Å². The fourth-order valence-corrected chi connectivity index (χ4v) is 7.06. The third-order valence-electron chi connectivity index (χ3n) is 10.1. The van der Waals surface area contributed by atoms with Crippen molar-refractivity contribution >= 4 is 5.91 Å². The SMILES string of the molecule is O=C(NCc1cccc(-c2ccc(C3OC(CN4CCN(Cc5ccccc5)CC4)CC(c4ccc(CO)cc4)O3)cc2)c1)c1c(F)c(F)c(F)c(F)c1F. The molecule has 0 radical (unpaired) electrons. The first kappa shape index (κ1) is 38.3. The summed E-state index contributed by atoms with van der Waals surface area (Å²) in [5.41, 5.74) is 4.55. The minimum atomic E-state index is -2.33. The summed E-state index contributed by atoms with van der Waals surface area (Å²) >= 11 is 0. The number of aliphatic hydroxyl groups excluding tert-OH is 1. The number of piperazine rings is 1. The molecule has 286 valence electrons. The average molecular weight is 758 g/mol. The van der Waals surface area contributed by atoms with E-state index in [0.29, 0.717) is 12.0 Å². The van der Waals surface area contributed by atoms with E-state index in [1.165, 1.54) is 5.56 Å². The van der Waals surface area contributed by atoms with Crippen molar-refractivity contribution in [1.29, 1.82) is 0 Å². The fraction of sp³-hybridized carbons (Fsp3) is 0.279. The highest BCUT2D eigenvalue weighted by molar-refractivity contribution is 5.94. The molecule has 7 rings (SSSR count). The van der Waals surface area contributed by atoms with Crippen LogP contribution in [0.2, 0.25) is 0 Å². The number of aliphatic hydroxyl groups is 1. The van der Waals surface area contributed by atoms with Crippen LogP contribution in [0.25, 0.3) is 11.1 Å². The minimum absolute atomic E-state index is 0.0429. The van der Waals surface area contributed by atoms with Crippen molar-refractivity contribution in [3.8, 4) is 11.1 Å². The molecular formula is C43H40F5N3O4. The number of halogens is 5. The maximum atomic E-state index is 14.2. The van der Waals surface area contributed by atoms with E-state index in [4.69, 9.17) is 9.47 Å². The Kier molecular flexibility index (Phi) is 12.0. The predicted octanol–water partition coefficient (Wildman–Crippen LogP) is 7.83. The van der Waals surface area contributed by atoms with Gasteiger partial charge in [-0.15, -0.1) is 0 Å². The summed E-state index contributed by atoms with van der Waals surface area (Å²) < 4.78 is 82.2. The number of carbonyl (C=O) groups is 1. The number of nitrogens with zero attached hydrogens (tertiary/aromatic N) is 2. The Balaban J connectivity index is 1.02. The summed E-state index contributed by atoms with van der Waals surface area (Å²) in [5.74, 6) is -12.5. The van der Waals surface area contributed by atoms with Crippen LogP contribution in [0.4, 0.5) is 22.0 Å². The molecule has 0 aromatic heterocycles. The van der Waals surface area contributed by atoms with E-state index in [0.717, 1.165) is 67.1 Å². The normalized spacial score (nSPS) is 19.3. The molecule has 2 fully saturated rings. The van der Waals surface area contributed by atoms with E-state index in [2.05, 4.69) is 39.4 Å². The number of amides is 1. The zero-order chi connectivity index (χ0) is 38.5. The van der Waals surface area contributed by atoms with Crippen molar-refractivity contribution < 1.29 is 41.3 Å². The molecule has 0 spiro atoms. The zero-order valence-electron chi connectivity index (χ0n) is 29.9. The molecule has 5 aromatic rings. The van der Waals surface area contributed by atoms with E-state index in [9.17, 15) is 31.9 Å². The molecule has 55 heavy (non-hydrogen) atoms. The van der Waals surface area contributed by atoms with Gasteiger partial charge in [-0.2, -0.15) is 0 Å². The molecule has 3 atom stereocenters. The second kappa shape index (κ2) is 17.2. The van der Waals surface area contributed by atoms with Crippen LogP contribution in [0, 0.1) is 29.1 Å². The summed E-state index contributed by atoms with van der Waals surface area (Å²) in [4.78, 5) is 17.4. The van der Waals surface area contributed by atoms with Gasteiger partial charge in [-0.05, 0) is 39.4 Å². The van der Waals surface area contributed by atoms with Gasteiger partial charge in [0.1, 0.15) is 5.56 Å². The van der Waals surface area contributed by atoms with Crippen molar-refractivity contribution in [2.75, 3.05) is 32.7 Å². The molecule has 1 amide bonds. The predicted molar refractivity (Wildman–Crippen MR) is 196 cm³/mol. The molecule has 3 unspecified atom stereocenters. The largest absolute Gasteiger partial charge is 0.392 e. The summed E-state index contributed by atoms with van der Waals surface area (Å²) in [6.07, 6.45) is -0.297. The lowest BCUT2D eigenvalue weighted by atomic mass is 9.98. The Hall–Kier alpha value is -4.98. The highest BCUT2D eigenvalue weighted by Gasteiger charge is 2.34. The zero-order valence-corrected chi connectivity index (χ0v) is 29.9. The van der Waals surface area contributed by atoms with Crippen LogP contribution in [0.1, 0.15) is 57.0 Å². The van der Waals surface area contributed by atoms with E-state index in [-0.39, 0.29) is 25.4 Å². The van der Waals surface area contributed by atoms with E-state index >= 15 is 0 Å². The summed E-state index contributed by atoms with van der Waals surface area (Å²) in [6, 6.07) is 32.9. The lowest BCUT2D eigenvalue weighted by Crippen LogP contribution is -2.49. The Morgan fingerprint density at radius 2 is 1.27 bits per heavy atom. The first-order chi connectivity index (χ1) is 26.7. The van der Waals surface area contributed by atoms with Crippen molar-refractivity contribution in [1.82, 2.24) is 15.1 Å². The summed E-state index contributed by atoms with van der Waals surface area (Å²) in [6.45, 7) is 5.22. The number of benzene rings is 5. The van der Waals surface area contributed by atoms with Crippen LogP contribution in [-0.2, 0) is 29.2 Å². The van der Waals surface area contributed by atoms with Gasteiger partial charge >= 0.3 is 0 Å². The van der Waals surface area contributed by atoms with E-state index in [1.807, 2.05) is 60.7 Å². The lowest BCUT2D eigenvalue weighted by molar-refractivity contribution is -0.253. The Morgan fingerprint density at radius 1 is 0.655 bits per heavy atom. The van der Waals surface area contributed by atoms with Gasteiger partial charge in [0.25, 0.3) is 5.91 Å². The van der Waals surface area contributed by atoms with Gasteiger partial charge in [0, 0.05) is 57.8 Å². The van der Waals surface area contributed by atoms with Crippen molar-refractivity contribution in [2.24, 2.45) is 0 Å². The molecule has 2 aliphatic heterocycles. The van der Waals surface area contributed by atoms with E-state index < -0.39 is 46.8 Å². The maximum absolute atomic E-state index is 14.2. The lowest BCUT2D eigenvalue weighted by Gasteiger charge is -2.40. The highest BCUT2D eigenvalue weighted by atomic mass is 19.2. The van der Waals surface area contributed by atoms with Crippen molar-refractivity contribution in [3.63, 3.8) is 0 Å². The molecule has 5 aromatic carbocycles. The maximum Gasteiger partial charge on any atom is 0.257 e. The van der Waals surface area contributed by atoms with Gasteiger partial charge < -0.3 is 19.9 Å². The average Bonchev–Trinajstić information content (AvgIpc) is 3.22. The molecule has 2 saturated heterocycles. The number of hydrogen-bond donors (Lipinski definition) is 2. The van der Waals surface area contributed by atoms with Gasteiger partial charge in [0.15, 0.2) is 29.6 Å². The van der Waals surface area contributed by atoms with Crippen LogP contribution in [0.3, 0.4) is 0 Å². The van der Waals surface area contributed by atoms with Gasteiger partial charge in [-0.3, -0.25) is 14.6 Å². The van der Waals surface area contributed by atoms with Gasteiger partial charge in [0.2, 0.25) is 5.82 Å². The van der Waals surface area contributed by atoms with Crippen LogP contribution in [-0.4, -0.2) is 59.6 Å². The Labute approximate surface area is 315 Å². The minimum Gasteiger partial charge on any atom is -0.392 e. The monoisotopic (exact) mass is 757 g/mol. The van der Waals surface area contributed by atoms with Gasteiger partial charge in [0.05, 0.1) is 18.8 Å². The first-order valence-corrected chi connectivity index (χ1v) is 18.1. The third-order valence-corrected chi connectivity index (χ3v) is 10.1. The number of nitrogens with one attached hydrogen (secondary N) is 1. The second-order valence-electron chi connectivity index (χ2n) is 13.9. The summed E-state index contributed by atoms with van der Waals surface area (Å²) in [5, 5.41) is 11.8. The molecule has 12 heteroatoms. The number of hydrogen-bond acceptors (Lipinski definition) is 6. The third kappa shape index (κ3) is 8.95. The van der Waals surface area contributed by atoms with Gasteiger partial charge in [-0.25, -0.2) is 22.0 Å². The molecule has 2 aliphatic rings. The smallest absolute Gasteiger partial charge is 0.257 e. The van der Waals surface area contributed by atoms with Crippen LogP contribution in [0.5, 0.6) is 0 Å². The molecule has 0 saturated carbocycles. The quantitative estimate of drug-likeness (QED) is 0.0814. The molecule has 7 nitrogen and oxygen atoms in total. The Morgan fingerprint density at radius 3 is 1.95 bits per heavy atom. The molecule has 0 bridgehead atoms. The fourth-order valence-electron chi connectivity index (χ4n) is 7.06. The van der Waals surface area contributed by atoms with Crippen LogP contribution < -0.4 is 5.32 Å². The first-order valence-electron chi connectivity index (χ1n) is 18.1. The topological polar surface area (TPSA) is 74.3 Å². The van der Waals surface area contributed by atoms with Crippen LogP contribution in [0.15, 0.2) is 103 Å². The number of ether oxygens (including phenoxy) is 2. The molecule has 0 aliphatic carbocycles. The number of rotatable bonds is 11.